The molecule has 2 aromatic rings. The monoisotopic (exact) mass is 370 g/mol. The summed E-state index contributed by atoms with van der Waals surface area (Å²) in [6.45, 7) is 0.719. The van der Waals surface area contributed by atoms with Crippen LogP contribution in [-0.2, 0) is 6.54 Å². The summed E-state index contributed by atoms with van der Waals surface area (Å²) in [4.78, 5) is 28.9. The highest BCUT2D eigenvalue weighted by atomic mass is 16.2. The molecule has 0 aliphatic heterocycles. The van der Waals surface area contributed by atoms with Gasteiger partial charge in [0, 0.05) is 36.6 Å². The predicted molar refractivity (Wildman–Crippen MR) is 101 cm³/mol. The lowest BCUT2D eigenvalue weighted by Gasteiger charge is -2.22. The average molecular weight is 370 g/mol. The Labute approximate surface area is 158 Å². The standard InChI is InChI=1S/C19H26N6O2/c26-18(22-15-6-2-1-3-7-15)21-11-12-24-19(27)25(16-8-9-16)17(23-24)14-5-4-10-20-13-14/h4-5,10,13,15-16H,1-3,6-9,11-12H2,(H2,21,22,26). The minimum atomic E-state index is -0.163. The maximum atomic E-state index is 12.8. The molecule has 2 saturated carbocycles. The predicted octanol–water partition coefficient (Wildman–Crippen LogP) is 2.07. The zero-order valence-corrected chi connectivity index (χ0v) is 15.4. The van der Waals surface area contributed by atoms with E-state index in [0.29, 0.717) is 18.9 Å². The van der Waals surface area contributed by atoms with Crippen LogP contribution in [0.5, 0.6) is 0 Å². The fraction of sp³-hybridized carbons (Fsp3) is 0.579. The summed E-state index contributed by atoms with van der Waals surface area (Å²) in [6.07, 6.45) is 11.1. The van der Waals surface area contributed by atoms with Gasteiger partial charge in [-0.2, -0.15) is 0 Å². The maximum absolute atomic E-state index is 12.8. The number of amides is 2. The van der Waals surface area contributed by atoms with E-state index < -0.39 is 0 Å². The van der Waals surface area contributed by atoms with Crippen molar-refractivity contribution in [2.75, 3.05) is 6.54 Å². The van der Waals surface area contributed by atoms with Crippen molar-refractivity contribution < 1.29 is 4.79 Å². The fourth-order valence-corrected chi connectivity index (χ4v) is 3.68. The van der Waals surface area contributed by atoms with Gasteiger partial charge in [0.1, 0.15) is 0 Å². The molecule has 2 fully saturated rings. The van der Waals surface area contributed by atoms with Crippen LogP contribution in [0.15, 0.2) is 29.3 Å². The lowest BCUT2D eigenvalue weighted by atomic mass is 9.96. The highest BCUT2D eigenvalue weighted by Crippen LogP contribution is 2.36. The van der Waals surface area contributed by atoms with Crippen LogP contribution in [0.4, 0.5) is 4.79 Å². The van der Waals surface area contributed by atoms with Crippen LogP contribution >= 0.6 is 0 Å². The zero-order valence-electron chi connectivity index (χ0n) is 15.4. The van der Waals surface area contributed by atoms with Crippen molar-refractivity contribution in [3.63, 3.8) is 0 Å². The third-order valence-corrected chi connectivity index (χ3v) is 5.25. The third-order valence-electron chi connectivity index (χ3n) is 5.25. The summed E-state index contributed by atoms with van der Waals surface area (Å²) in [5.74, 6) is 0.655. The van der Waals surface area contributed by atoms with Gasteiger partial charge >= 0.3 is 11.7 Å². The Kier molecular flexibility index (Phi) is 5.22. The molecule has 0 aromatic carbocycles. The van der Waals surface area contributed by atoms with Crippen molar-refractivity contribution in [3.8, 4) is 11.4 Å². The number of rotatable bonds is 6. The SMILES string of the molecule is O=C(NCCn1nc(-c2cccnc2)n(C2CC2)c1=O)NC1CCCCC1. The second kappa shape index (κ2) is 7.94. The van der Waals surface area contributed by atoms with E-state index in [2.05, 4.69) is 20.7 Å². The number of nitrogens with zero attached hydrogens (tertiary/aromatic N) is 4. The van der Waals surface area contributed by atoms with Crippen molar-refractivity contribution in [1.82, 2.24) is 30.0 Å². The van der Waals surface area contributed by atoms with E-state index in [4.69, 9.17) is 0 Å². The lowest BCUT2D eigenvalue weighted by Crippen LogP contribution is -2.44. The van der Waals surface area contributed by atoms with Gasteiger partial charge < -0.3 is 10.6 Å². The first-order valence-corrected chi connectivity index (χ1v) is 9.86. The zero-order chi connectivity index (χ0) is 18.6. The number of carbonyl (C=O) groups is 1. The summed E-state index contributed by atoms with van der Waals surface area (Å²) >= 11 is 0. The van der Waals surface area contributed by atoms with Crippen LogP contribution in [-0.4, -0.2) is 37.9 Å². The number of hydrogen-bond donors (Lipinski definition) is 2. The Morgan fingerprint density at radius 1 is 1.19 bits per heavy atom. The maximum Gasteiger partial charge on any atom is 0.346 e. The number of hydrogen-bond acceptors (Lipinski definition) is 4. The number of pyridine rings is 1. The van der Waals surface area contributed by atoms with E-state index >= 15 is 0 Å². The lowest BCUT2D eigenvalue weighted by molar-refractivity contribution is 0.232. The topological polar surface area (TPSA) is 93.8 Å². The molecule has 8 nitrogen and oxygen atoms in total. The van der Waals surface area contributed by atoms with Gasteiger partial charge in [-0.15, -0.1) is 5.10 Å². The third kappa shape index (κ3) is 4.20. The van der Waals surface area contributed by atoms with E-state index in [1.165, 1.54) is 23.9 Å². The molecule has 0 atom stereocenters. The second-order valence-electron chi connectivity index (χ2n) is 7.41. The molecule has 8 heteroatoms. The molecule has 27 heavy (non-hydrogen) atoms. The molecule has 0 spiro atoms. The molecule has 2 amide bonds. The molecule has 0 unspecified atom stereocenters. The molecule has 2 aromatic heterocycles. The number of carbonyl (C=O) groups excluding carboxylic acids is 1. The van der Waals surface area contributed by atoms with Crippen LogP contribution < -0.4 is 16.3 Å². The molecule has 4 rings (SSSR count). The van der Waals surface area contributed by atoms with Gasteiger partial charge in [-0.1, -0.05) is 19.3 Å². The first kappa shape index (κ1) is 17.8. The molecule has 0 saturated heterocycles. The van der Waals surface area contributed by atoms with Crippen molar-refractivity contribution in [2.24, 2.45) is 0 Å². The van der Waals surface area contributed by atoms with Gasteiger partial charge in [0.25, 0.3) is 0 Å². The van der Waals surface area contributed by atoms with E-state index in [0.717, 1.165) is 31.2 Å². The molecular formula is C19H26N6O2. The Morgan fingerprint density at radius 2 is 2.00 bits per heavy atom. The normalized spacial score (nSPS) is 17.6. The smallest absolute Gasteiger partial charge is 0.336 e. The van der Waals surface area contributed by atoms with E-state index in [-0.39, 0.29) is 23.8 Å². The molecule has 2 aliphatic carbocycles. The Balaban J connectivity index is 1.39. The summed E-state index contributed by atoms with van der Waals surface area (Å²) in [5.41, 5.74) is 0.717. The molecule has 2 N–H and O–H groups in total. The van der Waals surface area contributed by atoms with Gasteiger partial charge in [0.2, 0.25) is 0 Å². The first-order chi connectivity index (χ1) is 13.2. The van der Waals surface area contributed by atoms with E-state index in [9.17, 15) is 9.59 Å². The fourth-order valence-electron chi connectivity index (χ4n) is 3.68. The molecule has 0 bridgehead atoms. The van der Waals surface area contributed by atoms with Crippen LogP contribution in [0.25, 0.3) is 11.4 Å². The molecule has 144 valence electrons. The summed E-state index contributed by atoms with van der Waals surface area (Å²) < 4.78 is 3.21. The number of nitrogens with one attached hydrogen (secondary N) is 2. The van der Waals surface area contributed by atoms with Crippen molar-refractivity contribution in [3.05, 3.63) is 35.0 Å². The highest BCUT2D eigenvalue weighted by Gasteiger charge is 2.30. The van der Waals surface area contributed by atoms with Gasteiger partial charge in [-0.3, -0.25) is 9.55 Å². The van der Waals surface area contributed by atoms with E-state index in [1.807, 2.05) is 12.1 Å². The van der Waals surface area contributed by atoms with Crippen LogP contribution in [0.1, 0.15) is 51.0 Å². The molecular weight excluding hydrogens is 344 g/mol. The summed E-state index contributed by atoms with van der Waals surface area (Å²) in [5, 5.41) is 10.4. The number of urea groups is 1. The van der Waals surface area contributed by atoms with Crippen LogP contribution in [0.3, 0.4) is 0 Å². The van der Waals surface area contributed by atoms with Crippen LogP contribution in [0, 0.1) is 0 Å². The first-order valence-electron chi connectivity index (χ1n) is 9.86. The van der Waals surface area contributed by atoms with Gasteiger partial charge in [0.05, 0.1) is 6.54 Å². The van der Waals surface area contributed by atoms with Gasteiger partial charge in [0.15, 0.2) is 5.82 Å². The molecule has 0 radical (unpaired) electrons. The second-order valence-corrected chi connectivity index (χ2v) is 7.41. The molecule has 2 heterocycles. The van der Waals surface area contributed by atoms with Gasteiger partial charge in [-0.05, 0) is 37.8 Å². The summed E-state index contributed by atoms with van der Waals surface area (Å²) in [6, 6.07) is 4.09. The van der Waals surface area contributed by atoms with Crippen molar-refractivity contribution in [2.45, 2.75) is 63.6 Å². The Hall–Kier alpha value is -2.64. The minimum absolute atomic E-state index is 0.120. The van der Waals surface area contributed by atoms with Crippen molar-refractivity contribution in [1.29, 1.82) is 0 Å². The quantitative estimate of drug-likeness (QED) is 0.814. The Morgan fingerprint density at radius 3 is 2.70 bits per heavy atom. The highest BCUT2D eigenvalue weighted by molar-refractivity contribution is 5.74. The largest absolute Gasteiger partial charge is 0.346 e. The van der Waals surface area contributed by atoms with E-state index in [1.54, 1.807) is 17.0 Å². The summed E-state index contributed by atoms with van der Waals surface area (Å²) in [7, 11) is 0. The molecule has 2 aliphatic rings. The van der Waals surface area contributed by atoms with Gasteiger partial charge in [-0.25, -0.2) is 14.3 Å². The van der Waals surface area contributed by atoms with Crippen molar-refractivity contribution >= 4 is 6.03 Å². The Bertz CT molecular complexity index is 834. The number of aromatic nitrogens is 4. The average Bonchev–Trinajstić information content (AvgIpc) is 3.47. The van der Waals surface area contributed by atoms with Crippen LogP contribution in [0.2, 0.25) is 0 Å². The minimum Gasteiger partial charge on any atom is -0.336 e.